The summed E-state index contributed by atoms with van der Waals surface area (Å²) in [6.45, 7) is 8.11. The van der Waals surface area contributed by atoms with Gasteiger partial charge in [-0.1, -0.05) is 31.2 Å². The number of fused-ring (bicyclic) bond motifs is 1. The maximum atomic E-state index is 12.7. The van der Waals surface area contributed by atoms with Crippen LogP contribution in [0.5, 0.6) is 0 Å². The monoisotopic (exact) mass is 372 g/mol. The summed E-state index contributed by atoms with van der Waals surface area (Å²) >= 11 is 0. The fraction of sp³-hybridized carbons (Fsp3) is 0.350. The molecule has 0 radical (unpaired) electrons. The van der Waals surface area contributed by atoms with Gasteiger partial charge in [0.15, 0.2) is 0 Å². The predicted molar refractivity (Wildman–Crippen MR) is 103 cm³/mol. The van der Waals surface area contributed by atoms with Gasteiger partial charge in [-0.2, -0.15) is 0 Å². The minimum absolute atomic E-state index is 0.0986. The Bertz CT molecular complexity index is 920. The van der Waals surface area contributed by atoms with Gasteiger partial charge in [0, 0.05) is 25.3 Å². The summed E-state index contributed by atoms with van der Waals surface area (Å²) in [4.78, 5) is 14.9. The van der Waals surface area contributed by atoms with Crippen LogP contribution in [0.1, 0.15) is 42.6 Å². The van der Waals surface area contributed by atoms with Crippen LogP contribution in [0.4, 0.5) is 5.69 Å². The van der Waals surface area contributed by atoms with Gasteiger partial charge < -0.3 is 4.90 Å². The normalized spacial score (nSPS) is 16.4. The van der Waals surface area contributed by atoms with Crippen molar-refractivity contribution in [2.45, 2.75) is 31.6 Å². The van der Waals surface area contributed by atoms with Crippen molar-refractivity contribution >= 4 is 21.6 Å². The zero-order valence-electron chi connectivity index (χ0n) is 15.3. The number of rotatable bonds is 6. The average Bonchev–Trinajstić information content (AvgIpc) is 2.84. The van der Waals surface area contributed by atoms with Gasteiger partial charge in [-0.05, 0) is 49.6 Å². The van der Waals surface area contributed by atoms with E-state index in [0.717, 1.165) is 28.6 Å². The molecule has 0 saturated carbocycles. The van der Waals surface area contributed by atoms with Gasteiger partial charge >= 0.3 is 0 Å². The van der Waals surface area contributed by atoms with Gasteiger partial charge in [0.1, 0.15) is 4.90 Å². The smallest absolute Gasteiger partial charge is 0.269 e. The van der Waals surface area contributed by atoms with Crippen LogP contribution in [0.2, 0.25) is 0 Å². The van der Waals surface area contributed by atoms with E-state index in [9.17, 15) is 13.2 Å². The summed E-state index contributed by atoms with van der Waals surface area (Å²) in [7, 11) is -3.76. The molecule has 0 spiro atoms. The first-order chi connectivity index (χ1) is 12.4. The Labute approximate surface area is 155 Å². The Balaban J connectivity index is 1.86. The molecule has 0 saturated heterocycles. The number of sulfonamides is 1. The molecule has 26 heavy (non-hydrogen) atoms. The molecule has 1 amide bonds. The molecule has 0 aromatic heterocycles. The molecule has 0 aliphatic carbocycles. The number of anilines is 1. The summed E-state index contributed by atoms with van der Waals surface area (Å²) in [6.07, 6.45) is 0. The molecule has 1 heterocycles. The molecular weight excluding hydrogens is 348 g/mol. The highest BCUT2D eigenvalue weighted by molar-refractivity contribution is 7.90. The van der Waals surface area contributed by atoms with Gasteiger partial charge in [-0.3, -0.25) is 4.79 Å². The van der Waals surface area contributed by atoms with E-state index in [1.807, 2.05) is 19.1 Å². The summed E-state index contributed by atoms with van der Waals surface area (Å²) < 4.78 is 26.5. The van der Waals surface area contributed by atoms with Crippen LogP contribution in [0, 0.1) is 0 Å². The second-order valence-electron chi connectivity index (χ2n) is 6.51. The van der Waals surface area contributed by atoms with Gasteiger partial charge in [-0.15, -0.1) is 0 Å². The third-order valence-electron chi connectivity index (χ3n) is 4.92. The summed E-state index contributed by atoms with van der Waals surface area (Å²) in [5.74, 6) is -0.536. The van der Waals surface area contributed by atoms with Crippen molar-refractivity contribution in [1.29, 1.82) is 0 Å². The minimum Gasteiger partial charge on any atom is -0.372 e. The highest BCUT2D eigenvalue weighted by Crippen LogP contribution is 2.32. The molecular formula is C20H24N2O3S. The average molecular weight is 372 g/mol. The lowest BCUT2D eigenvalue weighted by atomic mass is 10.00. The van der Waals surface area contributed by atoms with E-state index in [1.165, 1.54) is 6.07 Å². The van der Waals surface area contributed by atoms with Gasteiger partial charge in [0.2, 0.25) is 0 Å². The standard InChI is InChI=1S/C20H24N2O3S/c1-4-21(5-2)17-10-8-9-16(13-17)15(3)14-22-20(23)18-11-6-7-12-19(18)26(22,24)25/h6-13,15H,4-5,14H2,1-3H3. The number of hydrogen-bond donors (Lipinski definition) is 0. The second-order valence-corrected chi connectivity index (χ2v) is 8.34. The Hall–Kier alpha value is -2.34. The topological polar surface area (TPSA) is 57.7 Å². The molecule has 0 fully saturated rings. The first kappa shape index (κ1) is 18.5. The van der Waals surface area contributed by atoms with Crippen LogP contribution in [0.15, 0.2) is 53.4 Å². The molecule has 5 nitrogen and oxygen atoms in total. The third kappa shape index (κ3) is 3.09. The fourth-order valence-electron chi connectivity index (χ4n) is 3.38. The van der Waals surface area contributed by atoms with Crippen LogP contribution >= 0.6 is 0 Å². The number of carbonyl (C=O) groups excluding carboxylic acids is 1. The number of carbonyl (C=O) groups is 1. The van der Waals surface area contributed by atoms with Crippen LogP contribution in [-0.2, 0) is 10.0 Å². The second kappa shape index (κ2) is 7.11. The number of benzene rings is 2. The Morgan fingerprint density at radius 3 is 2.38 bits per heavy atom. The molecule has 2 aromatic carbocycles. The number of nitrogens with zero attached hydrogens (tertiary/aromatic N) is 2. The van der Waals surface area contributed by atoms with Crippen molar-refractivity contribution in [1.82, 2.24) is 4.31 Å². The van der Waals surface area contributed by atoms with Crippen LogP contribution in [0.25, 0.3) is 0 Å². The predicted octanol–water partition coefficient (Wildman–Crippen LogP) is 3.48. The molecule has 1 aliphatic rings. The lowest BCUT2D eigenvalue weighted by Crippen LogP contribution is -2.33. The molecule has 1 atom stereocenters. The van der Waals surface area contributed by atoms with Crippen molar-refractivity contribution in [3.05, 3.63) is 59.7 Å². The fourth-order valence-corrected chi connectivity index (χ4v) is 5.04. The Kier molecular flexibility index (Phi) is 5.05. The zero-order chi connectivity index (χ0) is 18.9. The van der Waals surface area contributed by atoms with Crippen molar-refractivity contribution in [3.8, 4) is 0 Å². The maximum Gasteiger partial charge on any atom is 0.269 e. The summed E-state index contributed by atoms with van der Waals surface area (Å²) in [5.41, 5.74) is 2.39. The molecule has 1 aliphatic heterocycles. The van der Waals surface area contributed by atoms with Crippen LogP contribution < -0.4 is 4.90 Å². The first-order valence-corrected chi connectivity index (χ1v) is 10.3. The highest BCUT2D eigenvalue weighted by Gasteiger charge is 2.41. The molecule has 138 valence electrons. The number of hydrogen-bond acceptors (Lipinski definition) is 4. The minimum atomic E-state index is -3.76. The third-order valence-corrected chi connectivity index (χ3v) is 6.73. The van der Waals surface area contributed by atoms with Gasteiger partial charge in [0.05, 0.1) is 5.56 Å². The maximum absolute atomic E-state index is 12.7. The first-order valence-electron chi connectivity index (χ1n) is 8.91. The lowest BCUT2D eigenvalue weighted by Gasteiger charge is -2.24. The van der Waals surface area contributed by atoms with Crippen LogP contribution in [0.3, 0.4) is 0 Å². The van der Waals surface area contributed by atoms with Crippen molar-refractivity contribution in [3.63, 3.8) is 0 Å². The van der Waals surface area contributed by atoms with Crippen molar-refractivity contribution in [2.24, 2.45) is 0 Å². The van der Waals surface area contributed by atoms with E-state index < -0.39 is 15.9 Å². The van der Waals surface area contributed by atoms with Crippen molar-refractivity contribution in [2.75, 3.05) is 24.5 Å². The Morgan fingerprint density at radius 1 is 1.04 bits per heavy atom. The van der Waals surface area contributed by atoms with E-state index in [-0.39, 0.29) is 22.9 Å². The van der Waals surface area contributed by atoms with Gasteiger partial charge in [0.25, 0.3) is 15.9 Å². The SMILES string of the molecule is CCN(CC)c1cccc(C(C)CN2C(=O)c3ccccc3S2(=O)=O)c1. The molecule has 2 aromatic rings. The molecule has 0 bridgehead atoms. The molecule has 1 unspecified atom stereocenters. The van der Waals surface area contributed by atoms with Crippen LogP contribution in [-0.4, -0.2) is 38.3 Å². The summed E-state index contributed by atoms with van der Waals surface area (Å²) in [6, 6.07) is 14.5. The van der Waals surface area contributed by atoms with E-state index >= 15 is 0 Å². The number of amides is 1. The molecule has 0 N–H and O–H groups in total. The zero-order valence-corrected chi connectivity index (χ0v) is 16.2. The highest BCUT2D eigenvalue weighted by atomic mass is 32.2. The quantitative estimate of drug-likeness (QED) is 0.779. The largest absolute Gasteiger partial charge is 0.372 e. The summed E-state index contributed by atoms with van der Waals surface area (Å²) in [5, 5.41) is 0. The Morgan fingerprint density at radius 2 is 1.73 bits per heavy atom. The van der Waals surface area contributed by atoms with Gasteiger partial charge in [-0.25, -0.2) is 12.7 Å². The molecule has 6 heteroatoms. The molecule has 3 rings (SSSR count). The lowest BCUT2D eigenvalue weighted by molar-refractivity contribution is 0.0867. The van der Waals surface area contributed by atoms with E-state index in [1.54, 1.807) is 18.2 Å². The van der Waals surface area contributed by atoms with E-state index in [4.69, 9.17) is 0 Å². The van der Waals surface area contributed by atoms with Crippen molar-refractivity contribution < 1.29 is 13.2 Å². The van der Waals surface area contributed by atoms with E-state index in [2.05, 4.69) is 30.9 Å². The van der Waals surface area contributed by atoms with E-state index in [0.29, 0.717) is 0 Å².